The fourth-order valence-electron chi connectivity index (χ4n) is 7.25. The van der Waals surface area contributed by atoms with Crippen molar-refractivity contribution in [1.29, 1.82) is 0 Å². The predicted molar refractivity (Wildman–Crippen MR) is 162 cm³/mol. The van der Waals surface area contributed by atoms with Crippen LogP contribution in [-0.4, -0.2) is 51.2 Å². The number of fused-ring (bicyclic) bond motifs is 4. The van der Waals surface area contributed by atoms with Crippen molar-refractivity contribution < 1.29 is 4.74 Å². The summed E-state index contributed by atoms with van der Waals surface area (Å²) in [7, 11) is 0. The minimum atomic E-state index is 0.565. The van der Waals surface area contributed by atoms with Crippen molar-refractivity contribution in [2.45, 2.75) is 50.2 Å². The van der Waals surface area contributed by atoms with Gasteiger partial charge in [0.25, 0.3) is 0 Å². The summed E-state index contributed by atoms with van der Waals surface area (Å²) in [5.74, 6) is 0. The van der Waals surface area contributed by atoms with Gasteiger partial charge >= 0.3 is 0 Å². The first-order valence-electron chi connectivity index (χ1n) is 14.6. The molecule has 0 saturated carbocycles. The molecule has 41 heavy (non-hydrogen) atoms. The van der Waals surface area contributed by atoms with Gasteiger partial charge in [0.05, 0.1) is 25.5 Å². The topological polar surface area (TPSA) is 58.4 Å². The lowest BCUT2D eigenvalue weighted by molar-refractivity contribution is -0.148. The van der Waals surface area contributed by atoms with Gasteiger partial charge in [0.15, 0.2) is 0 Å². The van der Waals surface area contributed by atoms with Gasteiger partial charge in [0.2, 0.25) is 5.69 Å². The highest BCUT2D eigenvalue weighted by molar-refractivity contribution is 5.96. The number of rotatable bonds is 4. The second-order valence-electron chi connectivity index (χ2n) is 11.6. The van der Waals surface area contributed by atoms with E-state index >= 15 is 0 Å². The van der Waals surface area contributed by atoms with Gasteiger partial charge in [-0.1, -0.05) is 54.6 Å². The molecule has 2 fully saturated rings. The van der Waals surface area contributed by atoms with E-state index < -0.39 is 0 Å². The summed E-state index contributed by atoms with van der Waals surface area (Å²) in [6.45, 7) is 9.29. The number of hydrogen-bond donors (Lipinski definition) is 1. The second-order valence-corrected chi connectivity index (χ2v) is 11.6. The molecule has 8 rings (SSSR count). The third-order valence-electron chi connectivity index (χ3n) is 9.37. The monoisotopic (exact) mass is 537 g/mol. The van der Waals surface area contributed by atoms with E-state index in [0.29, 0.717) is 29.5 Å². The largest absolute Gasteiger partial charge is 0.378 e. The maximum atomic E-state index is 7.46. The van der Waals surface area contributed by atoms with E-state index in [9.17, 15) is 0 Å². The summed E-state index contributed by atoms with van der Waals surface area (Å²) in [5, 5.41) is 1.11. The van der Waals surface area contributed by atoms with Crippen molar-refractivity contribution in [2.24, 2.45) is 0 Å². The molecule has 3 atom stereocenters. The maximum Gasteiger partial charge on any atom is 0.212 e. The van der Waals surface area contributed by atoms with E-state index in [4.69, 9.17) is 16.3 Å². The molecule has 2 aromatic carbocycles. The van der Waals surface area contributed by atoms with E-state index in [1.54, 1.807) is 12.3 Å². The average Bonchev–Trinajstić information content (AvgIpc) is 3.35. The van der Waals surface area contributed by atoms with E-state index in [1.165, 1.54) is 36.0 Å². The Morgan fingerprint density at radius 1 is 0.829 bits per heavy atom. The Morgan fingerprint density at radius 3 is 2.41 bits per heavy atom. The van der Waals surface area contributed by atoms with E-state index in [0.717, 1.165) is 59.3 Å². The molecule has 5 heterocycles. The number of morpholine rings is 1. The number of ether oxygens (including phenoxy) is 1. The Morgan fingerprint density at radius 2 is 1.61 bits per heavy atom. The lowest BCUT2D eigenvalue weighted by Gasteiger charge is -2.56. The highest BCUT2D eigenvalue weighted by Crippen LogP contribution is 2.38. The van der Waals surface area contributed by atoms with E-state index in [2.05, 4.69) is 56.1 Å². The number of aromatic nitrogens is 3. The predicted octanol–water partition coefficient (Wildman–Crippen LogP) is 7.23. The SMILES string of the molecule is [C-]#[N+]c1cccnc1-c1ccc(-c2c[nH]c3ncc(-c4ccc5c(c4)CC[C@@H](N4C6COCC4C6)CC5)cc23)cc1. The molecule has 2 bridgehead atoms. The normalized spacial score (nSPS) is 22.0. The number of pyridine rings is 2. The van der Waals surface area contributed by atoms with Gasteiger partial charge in [-0.25, -0.2) is 9.83 Å². The zero-order valence-electron chi connectivity index (χ0n) is 22.9. The molecule has 1 N–H and O–H groups in total. The number of aromatic amines is 1. The Labute approximate surface area is 239 Å². The molecular weight excluding hydrogens is 506 g/mol. The Kier molecular flexibility index (Phi) is 5.94. The molecule has 3 aliphatic rings. The Balaban J connectivity index is 1.06. The fraction of sp³-hybridized carbons (Fsp3) is 0.286. The van der Waals surface area contributed by atoms with Crippen LogP contribution in [0, 0.1) is 6.57 Å². The molecule has 6 nitrogen and oxygen atoms in total. The molecule has 2 aliphatic heterocycles. The second kappa shape index (κ2) is 9.95. The maximum absolute atomic E-state index is 7.46. The number of benzene rings is 2. The van der Waals surface area contributed by atoms with Crippen LogP contribution in [0.15, 0.2) is 79.3 Å². The third-order valence-corrected chi connectivity index (χ3v) is 9.37. The zero-order valence-corrected chi connectivity index (χ0v) is 22.9. The summed E-state index contributed by atoms with van der Waals surface area (Å²) in [6, 6.07) is 23.2. The van der Waals surface area contributed by atoms with E-state index in [-0.39, 0.29) is 0 Å². The number of nitrogens with one attached hydrogen (secondary N) is 1. The van der Waals surface area contributed by atoms with Gasteiger partial charge < -0.3 is 9.72 Å². The molecule has 0 spiro atoms. The minimum absolute atomic E-state index is 0.565. The number of aryl methyl sites for hydroxylation is 2. The van der Waals surface area contributed by atoms with Crippen LogP contribution in [0.5, 0.6) is 0 Å². The highest BCUT2D eigenvalue weighted by atomic mass is 16.5. The van der Waals surface area contributed by atoms with Crippen LogP contribution >= 0.6 is 0 Å². The fourth-order valence-corrected chi connectivity index (χ4v) is 7.25. The van der Waals surface area contributed by atoms with Crippen LogP contribution in [0.4, 0.5) is 5.69 Å². The smallest absolute Gasteiger partial charge is 0.212 e. The summed E-state index contributed by atoms with van der Waals surface area (Å²) in [4.78, 5) is 19.0. The van der Waals surface area contributed by atoms with Gasteiger partial charge in [0.1, 0.15) is 5.65 Å². The van der Waals surface area contributed by atoms with Gasteiger partial charge in [0, 0.05) is 53.2 Å². The summed E-state index contributed by atoms with van der Waals surface area (Å²) in [6.07, 6.45) is 11.8. The molecule has 0 amide bonds. The van der Waals surface area contributed by atoms with Crippen LogP contribution < -0.4 is 0 Å². The molecular formula is C35H31N5O. The molecule has 3 aromatic heterocycles. The zero-order chi connectivity index (χ0) is 27.3. The number of nitrogens with zero attached hydrogens (tertiary/aromatic N) is 4. The highest BCUT2D eigenvalue weighted by Gasteiger charge is 2.45. The standard InChI is InChI=1S/C35H31N5O/c1-36-33-3-2-14-37-34(33)24-7-5-23(6-8-24)32-19-39-35-31(32)16-27(18-38-35)26-9-4-22-10-12-28(13-11-25(22)15-26)40-29-17-30(40)21-41-20-29/h2-9,14-16,18-19,28-30H,10-13,17,20-21H2,(H,38,39)/t28-,29?,30?/m0/s1. The van der Waals surface area contributed by atoms with Crippen molar-refractivity contribution in [3.05, 3.63) is 102 Å². The molecule has 6 heteroatoms. The molecule has 2 unspecified atom stereocenters. The minimum Gasteiger partial charge on any atom is -0.378 e. The number of H-pyrrole nitrogens is 1. The van der Waals surface area contributed by atoms with Crippen molar-refractivity contribution in [3.63, 3.8) is 0 Å². The van der Waals surface area contributed by atoms with Crippen LogP contribution in [-0.2, 0) is 17.6 Å². The quantitative estimate of drug-likeness (QED) is 0.194. The number of hydrogen-bond acceptors (Lipinski definition) is 4. The molecule has 5 aromatic rings. The van der Waals surface area contributed by atoms with Crippen LogP contribution in [0.25, 0.3) is 49.4 Å². The van der Waals surface area contributed by atoms with Crippen LogP contribution in [0.2, 0.25) is 0 Å². The molecule has 1 aliphatic carbocycles. The summed E-state index contributed by atoms with van der Waals surface area (Å²) < 4.78 is 5.74. The van der Waals surface area contributed by atoms with Crippen molar-refractivity contribution in [2.75, 3.05) is 13.2 Å². The van der Waals surface area contributed by atoms with Gasteiger partial charge in [-0.05, 0) is 66.0 Å². The first-order chi connectivity index (χ1) is 20.2. The molecule has 0 radical (unpaired) electrons. The third kappa shape index (κ3) is 4.24. The van der Waals surface area contributed by atoms with Crippen molar-refractivity contribution in [1.82, 2.24) is 19.9 Å². The first kappa shape index (κ1) is 24.5. The van der Waals surface area contributed by atoms with Crippen molar-refractivity contribution in [3.8, 4) is 33.5 Å². The molecule has 2 saturated heterocycles. The first-order valence-corrected chi connectivity index (χ1v) is 14.6. The Bertz CT molecular complexity index is 1790. The van der Waals surface area contributed by atoms with Crippen molar-refractivity contribution >= 4 is 16.7 Å². The van der Waals surface area contributed by atoms with Gasteiger partial charge in [-0.2, -0.15) is 0 Å². The molecule has 202 valence electrons. The lowest BCUT2D eigenvalue weighted by Crippen LogP contribution is -2.66. The summed E-state index contributed by atoms with van der Waals surface area (Å²) >= 11 is 0. The van der Waals surface area contributed by atoms with E-state index in [1.807, 2.05) is 30.6 Å². The van der Waals surface area contributed by atoms with Crippen LogP contribution in [0.1, 0.15) is 30.4 Å². The van der Waals surface area contributed by atoms with Gasteiger partial charge in [-0.3, -0.25) is 9.88 Å². The average molecular weight is 538 g/mol. The summed E-state index contributed by atoms with van der Waals surface area (Å²) in [5.41, 5.74) is 10.7. The lowest BCUT2D eigenvalue weighted by atomic mass is 9.87. The van der Waals surface area contributed by atoms with Gasteiger partial charge in [-0.15, -0.1) is 0 Å². The van der Waals surface area contributed by atoms with Crippen LogP contribution in [0.3, 0.4) is 0 Å². The Hall–Kier alpha value is -4.31.